The predicted octanol–water partition coefficient (Wildman–Crippen LogP) is 1.83. The molecule has 2 aliphatic heterocycles. The first-order valence-electron chi connectivity index (χ1n) is 5.52. The summed E-state index contributed by atoms with van der Waals surface area (Å²) in [6, 6.07) is 4.72. The lowest BCUT2D eigenvalue weighted by Gasteiger charge is -2.36. The molecule has 84 valence electrons. The highest BCUT2D eigenvalue weighted by molar-refractivity contribution is 5.76. The normalized spacial score (nSPS) is 21.6. The van der Waals surface area contributed by atoms with Gasteiger partial charge in [-0.05, 0) is 32.0 Å². The first kappa shape index (κ1) is 9.78. The van der Waals surface area contributed by atoms with Gasteiger partial charge >= 0.3 is 0 Å². The maximum absolute atomic E-state index is 13.1. The van der Waals surface area contributed by atoms with Gasteiger partial charge in [0.25, 0.3) is 0 Å². The second-order valence-electron chi connectivity index (χ2n) is 4.37. The van der Waals surface area contributed by atoms with Gasteiger partial charge in [0.15, 0.2) is 5.75 Å². The monoisotopic (exact) mass is 220 g/mol. The summed E-state index contributed by atoms with van der Waals surface area (Å²) in [5.74, 6) is 0.282. The van der Waals surface area contributed by atoms with Crippen molar-refractivity contribution in [2.24, 2.45) is 5.16 Å². The van der Waals surface area contributed by atoms with Crippen LogP contribution in [0.5, 0.6) is 5.75 Å². The molecule has 0 radical (unpaired) electrons. The number of rotatable bonds is 0. The minimum Gasteiger partial charge on any atom is -0.357 e. The molecule has 1 saturated heterocycles. The average Bonchev–Trinajstić information content (AvgIpc) is 2.30. The molecular formula is C12H13FN2O. The van der Waals surface area contributed by atoms with Gasteiger partial charge in [0.2, 0.25) is 0 Å². The molecule has 0 aliphatic carbocycles. The lowest BCUT2D eigenvalue weighted by molar-refractivity contribution is 0.292. The van der Waals surface area contributed by atoms with Gasteiger partial charge in [0.05, 0.1) is 6.21 Å². The maximum Gasteiger partial charge on any atom is 0.164 e. The third kappa shape index (κ3) is 1.41. The molecule has 1 spiro atoms. The summed E-state index contributed by atoms with van der Waals surface area (Å²) in [6.07, 6.45) is 3.84. The van der Waals surface area contributed by atoms with E-state index >= 15 is 0 Å². The number of benzene rings is 1. The van der Waals surface area contributed by atoms with Crippen molar-refractivity contribution in [2.45, 2.75) is 18.3 Å². The van der Waals surface area contributed by atoms with E-state index in [1.165, 1.54) is 12.1 Å². The van der Waals surface area contributed by atoms with Crippen LogP contribution in [0.4, 0.5) is 4.39 Å². The molecule has 0 saturated carbocycles. The van der Waals surface area contributed by atoms with Crippen molar-refractivity contribution >= 4 is 6.21 Å². The molecule has 16 heavy (non-hydrogen) atoms. The zero-order valence-electron chi connectivity index (χ0n) is 8.87. The smallest absolute Gasteiger partial charge is 0.164 e. The van der Waals surface area contributed by atoms with Gasteiger partial charge in [-0.15, -0.1) is 0 Å². The van der Waals surface area contributed by atoms with E-state index in [4.69, 9.17) is 4.84 Å². The van der Waals surface area contributed by atoms with Crippen molar-refractivity contribution in [3.8, 4) is 5.75 Å². The molecule has 0 atom stereocenters. The Labute approximate surface area is 93.3 Å². The Hall–Kier alpha value is -1.42. The molecule has 0 bridgehead atoms. The van der Waals surface area contributed by atoms with Gasteiger partial charge in [-0.2, -0.15) is 0 Å². The molecule has 0 aromatic heterocycles. The van der Waals surface area contributed by atoms with Crippen LogP contribution in [0.3, 0.4) is 0 Å². The molecule has 1 aromatic carbocycles. The molecule has 1 aromatic rings. The standard InChI is InChI=1S/C12H13FN2O/c13-9-1-2-10-11(7-9)16-15-8-12(10)3-5-14-6-4-12/h1-2,7-8,14H,3-6H2. The second-order valence-corrected chi connectivity index (χ2v) is 4.37. The first-order chi connectivity index (χ1) is 7.80. The highest BCUT2D eigenvalue weighted by Gasteiger charge is 2.37. The minimum absolute atomic E-state index is 0.0630. The summed E-state index contributed by atoms with van der Waals surface area (Å²) in [5, 5.41) is 7.24. The van der Waals surface area contributed by atoms with Crippen LogP contribution in [0.1, 0.15) is 18.4 Å². The van der Waals surface area contributed by atoms with E-state index in [-0.39, 0.29) is 11.2 Å². The van der Waals surface area contributed by atoms with Crippen LogP contribution in [-0.4, -0.2) is 19.3 Å². The molecule has 3 rings (SSSR count). The number of piperidine rings is 1. The fraction of sp³-hybridized carbons (Fsp3) is 0.417. The van der Waals surface area contributed by atoms with Crippen molar-refractivity contribution in [1.29, 1.82) is 0 Å². The quantitative estimate of drug-likeness (QED) is 0.723. The number of nitrogens with zero attached hydrogens (tertiary/aromatic N) is 1. The van der Waals surface area contributed by atoms with E-state index in [9.17, 15) is 4.39 Å². The second kappa shape index (κ2) is 3.56. The number of oxime groups is 1. The molecule has 1 fully saturated rings. The summed E-state index contributed by atoms with van der Waals surface area (Å²) in [5.41, 5.74) is 0.998. The van der Waals surface area contributed by atoms with Gasteiger partial charge < -0.3 is 10.2 Å². The molecule has 0 unspecified atom stereocenters. The number of hydrogen-bond donors (Lipinski definition) is 1. The number of nitrogens with one attached hydrogen (secondary N) is 1. The van der Waals surface area contributed by atoms with Gasteiger partial charge in [0.1, 0.15) is 5.82 Å². The Morgan fingerprint density at radius 3 is 2.94 bits per heavy atom. The largest absolute Gasteiger partial charge is 0.357 e. The minimum atomic E-state index is -0.278. The lowest BCUT2D eigenvalue weighted by Crippen LogP contribution is -2.42. The molecular weight excluding hydrogens is 207 g/mol. The third-order valence-corrected chi connectivity index (χ3v) is 3.43. The van der Waals surface area contributed by atoms with Crippen LogP contribution >= 0.6 is 0 Å². The number of fused-ring (bicyclic) bond motifs is 2. The van der Waals surface area contributed by atoms with Gasteiger partial charge in [-0.3, -0.25) is 0 Å². The maximum atomic E-state index is 13.1. The average molecular weight is 220 g/mol. The Morgan fingerprint density at radius 1 is 1.31 bits per heavy atom. The molecule has 3 nitrogen and oxygen atoms in total. The zero-order chi connectivity index (χ0) is 11.0. The fourth-order valence-corrected chi connectivity index (χ4v) is 2.51. The SMILES string of the molecule is Fc1ccc2c(c1)ON=CC21CCNCC1. The van der Waals surface area contributed by atoms with E-state index in [0.29, 0.717) is 5.75 Å². The number of hydrogen-bond acceptors (Lipinski definition) is 3. The Bertz CT molecular complexity index is 439. The molecule has 1 N–H and O–H groups in total. The van der Waals surface area contributed by atoms with E-state index in [1.807, 2.05) is 12.3 Å². The van der Waals surface area contributed by atoms with E-state index < -0.39 is 0 Å². The third-order valence-electron chi connectivity index (χ3n) is 3.43. The first-order valence-corrected chi connectivity index (χ1v) is 5.52. The van der Waals surface area contributed by atoms with Crippen LogP contribution in [0.25, 0.3) is 0 Å². The summed E-state index contributed by atoms with van der Waals surface area (Å²) >= 11 is 0. The summed E-state index contributed by atoms with van der Waals surface area (Å²) in [7, 11) is 0. The zero-order valence-corrected chi connectivity index (χ0v) is 8.87. The van der Waals surface area contributed by atoms with E-state index in [0.717, 1.165) is 31.5 Å². The van der Waals surface area contributed by atoms with E-state index in [1.54, 1.807) is 0 Å². The van der Waals surface area contributed by atoms with Gasteiger partial charge in [0, 0.05) is 17.0 Å². The Kier molecular flexibility index (Phi) is 2.17. The van der Waals surface area contributed by atoms with Crippen molar-refractivity contribution in [2.75, 3.05) is 13.1 Å². The van der Waals surface area contributed by atoms with Crippen LogP contribution in [0, 0.1) is 5.82 Å². The van der Waals surface area contributed by atoms with E-state index in [2.05, 4.69) is 10.5 Å². The summed E-state index contributed by atoms with van der Waals surface area (Å²) < 4.78 is 13.1. The highest BCUT2D eigenvalue weighted by atomic mass is 19.1. The molecule has 2 aliphatic rings. The summed E-state index contributed by atoms with van der Waals surface area (Å²) in [6.45, 7) is 1.92. The number of halogens is 1. The molecule has 4 heteroatoms. The van der Waals surface area contributed by atoms with Crippen LogP contribution in [0.15, 0.2) is 23.4 Å². The molecule has 0 amide bonds. The van der Waals surface area contributed by atoms with Crippen LogP contribution < -0.4 is 10.2 Å². The van der Waals surface area contributed by atoms with Gasteiger partial charge in [-0.25, -0.2) is 4.39 Å². The van der Waals surface area contributed by atoms with Crippen LogP contribution in [0.2, 0.25) is 0 Å². The van der Waals surface area contributed by atoms with Crippen LogP contribution in [-0.2, 0) is 5.41 Å². The van der Waals surface area contributed by atoms with Crippen molar-refractivity contribution in [3.63, 3.8) is 0 Å². The fourth-order valence-electron chi connectivity index (χ4n) is 2.51. The van der Waals surface area contributed by atoms with Crippen molar-refractivity contribution < 1.29 is 9.23 Å². The Balaban J connectivity index is 2.08. The Morgan fingerprint density at radius 2 is 2.12 bits per heavy atom. The van der Waals surface area contributed by atoms with Gasteiger partial charge in [-0.1, -0.05) is 11.2 Å². The topological polar surface area (TPSA) is 33.6 Å². The summed E-state index contributed by atoms with van der Waals surface area (Å²) in [4.78, 5) is 5.14. The predicted molar refractivity (Wildman–Crippen MR) is 59.3 cm³/mol. The lowest BCUT2D eigenvalue weighted by atomic mass is 9.73. The van der Waals surface area contributed by atoms with Crippen molar-refractivity contribution in [1.82, 2.24) is 5.32 Å². The molecule has 2 heterocycles. The van der Waals surface area contributed by atoms with Crippen molar-refractivity contribution in [3.05, 3.63) is 29.6 Å². The highest BCUT2D eigenvalue weighted by Crippen LogP contribution is 2.40.